The van der Waals surface area contributed by atoms with E-state index in [4.69, 9.17) is 45.5 Å². The Morgan fingerprint density at radius 1 is 0.422 bits per heavy atom. The summed E-state index contributed by atoms with van der Waals surface area (Å²) >= 11 is 0. The standard InChI is InChI=1S/C78H127N27O30/c1-35(109)58(100-64(121)40(10-4-5-23-79)90-68(125)48(32-107)98-61(118)39(80)31-106)71(128)93-43(17-21-55(83)114)65(122)101-60(37(3)111)73(130)97-46(28-38-30-87-34-89-38)67(124)102-59(36(2)110)72(129)92-42(16-20-54(82)113)62(119)91-41(15-19-53(81)112)63(120)96-47(29-57(116)117)66(123)94-44(11-6-24-88-78(85)86)74(131)105-27-9-14-52(105)76(133)104-26-8-13-51(104)69(126)95-45(18-22-56(84)115)75(132)103-25-7-12-50(103)70(127)99-49(33-108)77(134)135/h30,34-37,39-52,58-60,106-111H,4-29,31-33,79-80H2,1-3H3,(H2,81,112)(H2,82,113)(H2,83,114)(H2,84,115)(H,87,89)(H,90,125)(H,91,119)(H,92,129)(H,93,128)(H,94,123)(H,95,126)(H,96,120)(H,97,130)(H,98,118)(H,99,127)(H,100,121)(H,101,122)(H,102,124)(H,116,117)(H,134,135)(H4,85,86,88)/t35-,36-,37-,39+,40+,41+,42+,43+,44+,45+,46+,47+,48+,49+,50+,51+,52+,58+,59+,60+/m1/s1. The van der Waals surface area contributed by atoms with Crippen molar-refractivity contribution in [2.24, 2.45) is 40.1 Å². The van der Waals surface area contributed by atoms with E-state index in [2.05, 4.69) is 84.4 Å². The van der Waals surface area contributed by atoms with E-state index in [1.165, 1.54) is 6.20 Å². The molecule has 3 aliphatic rings. The van der Waals surface area contributed by atoms with Gasteiger partial charge in [0.2, 0.25) is 118 Å². The molecule has 3 saturated heterocycles. The van der Waals surface area contributed by atoms with Crippen LogP contribution in [0.25, 0.3) is 0 Å². The van der Waals surface area contributed by atoms with Gasteiger partial charge >= 0.3 is 11.9 Å². The van der Waals surface area contributed by atoms with Crippen LogP contribution in [-0.4, -0.2) is 375 Å². The number of carboxylic acids is 2. The number of guanidine groups is 1. The Labute approximate surface area is 771 Å². The second-order valence-electron chi connectivity index (χ2n) is 32.5. The number of aromatic amines is 1. The molecule has 0 aromatic carbocycles. The van der Waals surface area contributed by atoms with Crippen molar-refractivity contribution in [3.63, 3.8) is 0 Å². The highest BCUT2D eigenvalue weighted by Crippen LogP contribution is 2.28. The summed E-state index contributed by atoms with van der Waals surface area (Å²) in [4.78, 5) is 310. The van der Waals surface area contributed by atoms with E-state index in [0.29, 0.717) is 0 Å². The molecule has 1 aromatic heterocycles. The number of H-pyrrole nitrogens is 1. The quantitative estimate of drug-likeness (QED) is 0.0164. The van der Waals surface area contributed by atoms with Crippen LogP contribution in [0.4, 0.5) is 0 Å². The molecule has 57 nitrogen and oxygen atoms in total. The second-order valence-corrected chi connectivity index (χ2v) is 32.5. The van der Waals surface area contributed by atoms with Crippen LogP contribution < -0.4 is 115 Å². The molecule has 0 radical (unpaired) electrons. The Morgan fingerprint density at radius 2 is 0.770 bits per heavy atom. The number of aromatic nitrogens is 2. The first kappa shape index (κ1) is 114. The molecule has 4 rings (SSSR count). The highest BCUT2D eigenvalue weighted by Gasteiger charge is 2.48. The van der Waals surface area contributed by atoms with Crippen molar-refractivity contribution in [2.45, 2.75) is 277 Å². The smallest absolute Gasteiger partial charge is 0.328 e. The first-order valence-corrected chi connectivity index (χ1v) is 43.4. The lowest BCUT2D eigenvalue weighted by Gasteiger charge is -2.34. The van der Waals surface area contributed by atoms with Gasteiger partial charge in [0.05, 0.1) is 50.9 Å². The third kappa shape index (κ3) is 37.1. The molecule has 135 heavy (non-hydrogen) atoms. The molecule has 3 aliphatic heterocycles. The van der Waals surface area contributed by atoms with E-state index in [-0.39, 0.29) is 109 Å². The van der Waals surface area contributed by atoms with Crippen LogP contribution in [0.15, 0.2) is 12.5 Å². The number of imidazole rings is 1. The summed E-state index contributed by atoms with van der Waals surface area (Å²) < 4.78 is 0. The molecule has 3 fully saturated rings. The number of likely N-dealkylation sites (tertiary alicyclic amines) is 3. The van der Waals surface area contributed by atoms with E-state index in [1.807, 2.05) is 0 Å². The first-order valence-electron chi connectivity index (χ1n) is 43.4. The normalized spacial score (nSPS) is 18.3. The molecule has 0 aliphatic carbocycles. The fraction of sp³-hybridized carbons (Fsp3) is 0.667. The average molecular weight is 1920 g/mol. The van der Waals surface area contributed by atoms with Gasteiger partial charge in [0.1, 0.15) is 103 Å². The van der Waals surface area contributed by atoms with Crippen molar-refractivity contribution >= 4 is 136 Å². The van der Waals surface area contributed by atoms with Crippen LogP contribution >= 0.6 is 0 Å². The number of hydrogen-bond donors (Lipinski definition) is 31. The maximum Gasteiger partial charge on any atom is 0.328 e. The lowest BCUT2D eigenvalue weighted by Crippen LogP contribution is -2.63. The molecule has 0 spiro atoms. The predicted octanol–water partition coefficient (Wildman–Crippen LogP) is -16.3. The maximum atomic E-state index is 15.0. The molecule has 0 saturated carbocycles. The van der Waals surface area contributed by atoms with Crippen molar-refractivity contribution in [1.82, 2.24) is 99.1 Å². The summed E-state index contributed by atoms with van der Waals surface area (Å²) in [5.74, 6) is -26.9. The summed E-state index contributed by atoms with van der Waals surface area (Å²) in [5.41, 5.74) is 38.5. The van der Waals surface area contributed by atoms with E-state index < -0.39 is 341 Å². The van der Waals surface area contributed by atoms with E-state index in [9.17, 15) is 146 Å². The number of carboxylic acid groups (broad SMARTS) is 2. The minimum Gasteiger partial charge on any atom is -0.481 e. The van der Waals surface area contributed by atoms with E-state index >= 15 is 0 Å². The zero-order chi connectivity index (χ0) is 101. The Hall–Kier alpha value is -13.5. The number of nitrogens with zero attached hydrogens (tertiary/aromatic N) is 4. The fourth-order valence-electron chi connectivity index (χ4n) is 14.6. The molecule has 57 heteroatoms. The monoisotopic (exact) mass is 1920 g/mol. The average Bonchev–Trinajstić information content (AvgIpc) is 1.59. The summed E-state index contributed by atoms with van der Waals surface area (Å²) in [5, 5.41) is 121. The lowest BCUT2D eigenvalue weighted by atomic mass is 10.0. The molecule has 38 N–H and O–H groups in total. The van der Waals surface area contributed by atoms with Gasteiger partial charge in [-0.25, -0.2) is 9.78 Å². The van der Waals surface area contributed by atoms with Gasteiger partial charge in [-0.2, -0.15) is 0 Å². The van der Waals surface area contributed by atoms with Gasteiger partial charge in [-0.05, 0) is 124 Å². The van der Waals surface area contributed by atoms with Crippen LogP contribution in [0.3, 0.4) is 0 Å². The largest absolute Gasteiger partial charge is 0.481 e. The van der Waals surface area contributed by atoms with Gasteiger partial charge in [0, 0.05) is 70.2 Å². The number of carbonyl (C=O) groups excluding carboxylic acids is 20. The van der Waals surface area contributed by atoms with Crippen molar-refractivity contribution < 1.29 is 146 Å². The zero-order valence-corrected chi connectivity index (χ0v) is 74.6. The lowest BCUT2D eigenvalue weighted by molar-refractivity contribution is -0.149. The van der Waals surface area contributed by atoms with E-state index in [1.54, 1.807) is 0 Å². The maximum absolute atomic E-state index is 15.0. The van der Waals surface area contributed by atoms with Crippen LogP contribution in [0, 0.1) is 5.41 Å². The van der Waals surface area contributed by atoms with Crippen LogP contribution in [-0.2, 0) is 112 Å². The minimum atomic E-state index is -2.20. The molecule has 20 amide bonds. The zero-order valence-electron chi connectivity index (χ0n) is 74.6. The third-order valence-electron chi connectivity index (χ3n) is 21.9. The fourth-order valence-corrected chi connectivity index (χ4v) is 14.6. The third-order valence-corrected chi connectivity index (χ3v) is 21.9. The molecule has 0 bridgehead atoms. The molecule has 4 heterocycles. The second kappa shape index (κ2) is 56.5. The van der Waals surface area contributed by atoms with Gasteiger partial charge in [0.25, 0.3) is 0 Å². The van der Waals surface area contributed by atoms with Gasteiger partial charge in [-0.1, -0.05) is 0 Å². The van der Waals surface area contributed by atoms with Crippen LogP contribution in [0.5, 0.6) is 0 Å². The number of rotatable bonds is 60. The number of hydrogen-bond acceptors (Lipinski definition) is 32. The van der Waals surface area contributed by atoms with Gasteiger partial charge in [-0.3, -0.25) is 106 Å². The summed E-state index contributed by atoms with van der Waals surface area (Å²) in [6.45, 7) is -0.201. The molecule has 0 unspecified atom stereocenters. The van der Waals surface area contributed by atoms with E-state index in [0.717, 1.165) is 41.8 Å². The Balaban J connectivity index is 1.61. The number of aliphatic carboxylic acids is 2. The summed E-state index contributed by atoms with van der Waals surface area (Å²) in [7, 11) is 0. The molecular weight excluding hydrogens is 1800 g/mol. The number of nitrogens with one attached hydrogen (secondary N) is 16. The van der Waals surface area contributed by atoms with Gasteiger partial charge < -0.3 is 175 Å². The summed E-state index contributed by atoms with van der Waals surface area (Å²) in [6.07, 6.45) is -10.1. The summed E-state index contributed by atoms with van der Waals surface area (Å²) in [6, 6.07) is -30.2. The highest BCUT2D eigenvalue weighted by atomic mass is 16.4. The predicted molar refractivity (Wildman–Crippen MR) is 462 cm³/mol. The van der Waals surface area contributed by atoms with Crippen molar-refractivity contribution in [2.75, 3.05) is 52.5 Å². The number of aliphatic hydroxyl groups is 6. The van der Waals surface area contributed by atoms with Crippen molar-refractivity contribution in [1.29, 1.82) is 5.41 Å². The minimum absolute atomic E-state index is 0.00494. The van der Waals surface area contributed by atoms with Gasteiger partial charge in [0.15, 0.2) is 5.96 Å². The Bertz CT molecular complexity index is 4350. The number of nitrogens with two attached hydrogens (primary N) is 7. The molecule has 20 atom stereocenters. The van der Waals surface area contributed by atoms with Crippen molar-refractivity contribution in [3.05, 3.63) is 18.2 Å². The topological polar surface area (TPSA) is 950 Å². The van der Waals surface area contributed by atoms with Crippen LogP contribution in [0.2, 0.25) is 0 Å². The number of primary amides is 4. The van der Waals surface area contributed by atoms with Gasteiger partial charge in [-0.15, -0.1) is 0 Å². The number of aliphatic hydroxyl groups excluding tert-OH is 6. The Kier molecular flexibility index (Phi) is 47.6. The molecular formula is C78H127N27O30. The highest BCUT2D eigenvalue weighted by molar-refractivity contribution is 6.03. The Morgan fingerprint density at radius 3 is 1.18 bits per heavy atom. The SMILES string of the molecule is C[C@@H](O)[C@H](NC(=O)[C@H](Cc1cnc[nH]1)NC(=O)[C@@H](NC(=O)[C@H](CCC(N)=O)NC(=O)[C@@H](NC(=O)[C@H](CCCCN)NC(=O)[C@H](CO)NC(=O)[C@@H](N)CO)[C@@H](C)O)[C@@H](C)O)C(=O)N[C@@H](CCC(N)=O)C(=O)N[C@@H](CCC(N)=O)C(=O)N[C@@H](CC(=O)O)C(=O)N[C@@H](CCCNC(=N)N)C(=O)N1CCC[C@H]1C(=O)N1CCC[C@H]1C(=O)N[C@@H](CCC(N)=O)C(=O)N1CCC[C@H]1C(=O)N[C@@H](CO)C(=O)O. The molecule has 1 aromatic rings. The number of unbranched alkanes of at least 4 members (excludes halogenated alkanes) is 1. The molecule has 754 valence electrons. The van der Waals surface area contributed by atoms with Crippen molar-refractivity contribution in [3.8, 4) is 0 Å². The number of amides is 20. The van der Waals surface area contributed by atoms with Crippen LogP contribution in [0.1, 0.15) is 155 Å². The first-order chi connectivity index (χ1) is 63.6. The number of carbonyl (C=O) groups is 22.